The molecule has 4 unspecified atom stereocenters. The molecule has 0 spiro atoms. The molecule has 1 heterocycles. The normalized spacial score (nSPS) is 35.8. The number of unbranched alkanes of at least 4 members (excludes halogenated alkanes) is 1. The first-order chi connectivity index (χ1) is 9.04. The highest BCUT2D eigenvalue weighted by molar-refractivity contribution is 4.77. The molecule has 0 aromatic carbocycles. The van der Waals surface area contributed by atoms with Crippen LogP contribution in [0.3, 0.4) is 0 Å². The van der Waals surface area contributed by atoms with Crippen LogP contribution in [0.5, 0.6) is 0 Å². The van der Waals surface area contributed by atoms with Gasteiger partial charge in [0.1, 0.15) is 0 Å². The number of hydrogen-bond donors (Lipinski definition) is 1. The fourth-order valence-electron chi connectivity index (χ4n) is 3.38. The van der Waals surface area contributed by atoms with E-state index in [0.717, 1.165) is 17.9 Å². The summed E-state index contributed by atoms with van der Waals surface area (Å²) in [5.74, 6) is 1.67. The second kappa shape index (κ2) is 8.97. The van der Waals surface area contributed by atoms with E-state index in [1.54, 1.807) is 0 Å². The molecular weight excluding hydrogens is 232 g/mol. The van der Waals surface area contributed by atoms with Gasteiger partial charge in [-0.25, -0.2) is 0 Å². The van der Waals surface area contributed by atoms with E-state index in [1.165, 1.54) is 51.6 Å². The number of nitrogens with zero attached hydrogens (tertiary/aromatic N) is 1. The van der Waals surface area contributed by atoms with E-state index in [0.29, 0.717) is 6.04 Å². The van der Waals surface area contributed by atoms with Gasteiger partial charge in [0.2, 0.25) is 0 Å². The summed E-state index contributed by atoms with van der Waals surface area (Å²) in [5.41, 5.74) is 0. The van der Waals surface area contributed by atoms with E-state index >= 15 is 0 Å². The highest BCUT2D eigenvalue weighted by Crippen LogP contribution is 2.22. The van der Waals surface area contributed by atoms with Crippen molar-refractivity contribution < 1.29 is 0 Å². The minimum atomic E-state index is 0.680. The molecule has 1 N–H and O–H groups in total. The monoisotopic (exact) mass is 268 g/mol. The number of rotatable bonds is 3. The average Bonchev–Trinajstić information content (AvgIpc) is 2.40. The lowest BCUT2D eigenvalue weighted by atomic mass is 9.92. The van der Waals surface area contributed by atoms with Crippen molar-refractivity contribution in [3.63, 3.8) is 0 Å². The summed E-state index contributed by atoms with van der Waals surface area (Å²) in [7, 11) is 2.33. The summed E-state index contributed by atoms with van der Waals surface area (Å²) in [4.78, 5) is 2.61. The predicted molar refractivity (Wildman–Crippen MR) is 85.6 cm³/mol. The van der Waals surface area contributed by atoms with Crippen molar-refractivity contribution in [2.75, 3.05) is 20.1 Å². The van der Waals surface area contributed by atoms with Gasteiger partial charge in [-0.2, -0.15) is 0 Å². The van der Waals surface area contributed by atoms with Gasteiger partial charge >= 0.3 is 0 Å². The molecule has 0 saturated carbocycles. The Hall–Kier alpha value is -0.0800. The Bertz CT molecular complexity index is 229. The van der Waals surface area contributed by atoms with Crippen molar-refractivity contribution >= 4 is 0 Å². The van der Waals surface area contributed by atoms with E-state index in [-0.39, 0.29) is 0 Å². The zero-order valence-corrected chi connectivity index (χ0v) is 13.9. The second-order valence-corrected chi connectivity index (χ2v) is 6.90. The second-order valence-electron chi connectivity index (χ2n) is 6.90. The van der Waals surface area contributed by atoms with Crippen LogP contribution in [0.4, 0.5) is 0 Å². The molecule has 0 aromatic heterocycles. The molecule has 0 bridgehead atoms. The van der Waals surface area contributed by atoms with Crippen LogP contribution in [0.15, 0.2) is 0 Å². The summed E-state index contributed by atoms with van der Waals surface area (Å²) < 4.78 is 0. The molecular formula is C17H36N2. The molecule has 0 aliphatic carbocycles. The van der Waals surface area contributed by atoms with E-state index in [2.05, 4.69) is 45.0 Å². The van der Waals surface area contributed by atoms with Gasteiger partial charge in [0, 0.05) is 18.6 Å². The van der Waals surface area contributed by atoms with Gasteiger partial charge in [-0.1, -0.05) is 26.7 Å². The molecule has 1 aliphatic rings. The van der Waals surface area contributed by atoms with Crippen molar-refractivity contribution in [2.45, 2.75) is 78.3 Å². The topological polar surface area (TPSA) is 15.3 Å². The van der Waals surface area contributed by atoms with Gasteiger partial charge in [0.05, 0.1) is 0 Å². The Morgan fingerprint density at radius 3 is 2.63 bits per heavy atom. The van der Waals surface area contributed by atoms with Crippen molar-refractivity contribution in [2.24, 2.45) is 11.8 Å². The Labute approximate surface area is 121 Å². The molecule has 1 saturated heterocycles. The maximum absolute atomic E-state index is 3.72. The Kier molecular flexibility index (Phi) is 8.01. The Morgan fingerprint density at radius 1 is 1.21 bits per heavy atom. The quantitative estimate of drug-likeness (QED) is 0.835. The summed E-state index contributed by atoms with van der Waals surface area (Å²) in [5, 5.41) is 3.72. The van der Waals surface area contributed by atoms with Crippen LogP contribution in [-0.4, -0.2) is 37.1 Å². The molecule has 0 aromatic rings. The molecule has 114 valence electrons. The first-order valence-corrected chi connectivity index (χ1v) is 8.48. The third-order valence-electron chi connectivity index (χ3n) is 5.05. The molecule has 2 heteroatoms. The van der Waals surface area contributed by atoms with E-state index in [4.69, 9.17) is 0 Å². The summed E-state index contributed by atoms with van der Waals surface area (Å²) in [6, 6.07) is 1.40. The van der Waals surface area contributed by atoms with E-state index < -0.39 is 0 Å². The summed E-state index contributed by atoms with van der Waals surface area (Å²) in [6.45, 7) is 12.0. The van der Waals surface area contributed by atoms with Crippen molar-refractivity contribution in [1.29, 1.82) is 0 Å². The molecule has 1 aliphatic heterocycles. The first-order valence-electron chi connectivity index (χ1n) is 8.48. The number of nitrogens with one attached hydrogen (secondary N) is 1. The van der Waals surface area contributed by atoms with Gasteiger partial charge < -0.3 is 10.2 Å². The van der Waals surface area contributed by atoms with Gasteiger partial charge in [-0.15, -0.1) is 0 Å². The smallest absolute Gasteiger partial charge is 0.00896 e. The highest BCUT2D eigenvalue weighted by Gasteiger charge is 2.22. The third kappa shape index (κ3) is 6.27. The van der Waals surface area contributed by atoms with Crippen molar-refractivity contribution in [3.8, 4) is 0 Å². The third-order valence-corrected chi connectivity index (χ3v) is 5.05. The van der Waals surface area contributed by atoms with Crippen LogP contribution < -0.4 is 5.32 Å². The average molecular weight is 268 g/mol. The lowest BCUT2D eigenvalue weighted by molar-refractivity contribution is 0.158. The maximum Gasteiger partial charge on any atom is 0.00896 e. The van der Waals surface area contributed by atoms with Gasteiger partial charge in [0.15, 0.2) is 0 Å². The molecule has 19 heavy (non-hydrogen) atoms. The van der Waals surface area contributed by atoms with Crippen LogP contribution in [0, 0.1) is 11.8 Å². The van der Waals surface area contributed by atoms with Gasteiger partial charge in [-0.3, -0.25) is 0 Å². The van der Waals surface area contributed by atoms with Crippen LogP contribution in [-0.2, 0) is 0 Å². The van der Waals surface area contributed by atoms with E-state index in [1.807, 2.05) is 0 Å². The molecule has 1 rings (SSSR count). The lowest BCUT2D eigenvalue weighted by Crippen LogP contribution is -2.38. The minimum Gasteiger partial charge on any atom is -0.314 e. The van der Waals surface area contributed by atoms with Crippen molar-refractivity contribution in [3.05, 3.63) is 0 Å². The van der Waals surface area contributed by atoms with Gasteiger partial charge in [0.25, 0.3) is 0 Å². The highest BCUT2D eigenvalue weighted by atomic mass is 15.1. The first kappa shape index (κ1) is 17.0. The van der Waals surface area contributed by atoms with Crippen LogP contribution >= 0.6 is 0 Å². The number of hydrogen-bond acceptors (Lipinski definition) is 2. The fraction of sp³-hybridized carbons (Fsp3) is 1.00. The molecule has 4 atom stereocenters. The summed E-state index contributed by atoms with van der Waals surface area (Å²) >= 11 is 0. The van der Waals surface area contributed by atoms with Crippen LogP contribution in [0.2, 0.25) is 0 Å². The zero-order valence-electron chi connectivity index (χ0n) is 13.9. The van der Waals surface area contributed by atoms with Gasteiger partial charge in [-0.05, 0) is 65.0 Å². The largest absolute Gasteiger partial charge is 0.314 e. The molecule has 0 radical (unpaired) electrons. The van der Waals surface area contributed by atoms with Crippen molar-refractivity contribution in [1.82, 2.24) is 10.2 Å². The predicted octanol–water partition coefficient (Wildman–Crippen LogP) is 3.91. The SMILES string of the molecule is CCCCC1CC(C)NCCCC(C)C(C)N(C)C1. The zero-order chi connectivity index (χ0) is 14.3. The fourth-order valence-corrected chi connectivity index (χ4v) is 3.38. The van der Waals surface area contributed by atoms with Crippen LogP contribution in [0.1, 0.15) is 66.2 Å². The standard InChI is InChI=1S/C17H36N2/c1-6-7-10-17-12-15(3)18-11-8-9-14(2)16(4)19(5)13-17/h14-18H,6-13H2,1-5H3. The summed E-state index contributed by atoms with van der Waals surface area (Å²) in [6.07, 6.45) is 8.12. The minimum absolute atomic E-state index is 0.680. The molecule has 1 fully saturated rings. The Morgan fingerprint density at radius 2 is 1.95 bits per heavy atom. The Balaban J connectivity index is 2.63. The van der Waals surface area contributed by atoms with E-state index in [9.17, 15) is 0 Å². The van der Waals surface area contributed by atoms with Crippen LogP contribution in [0.25, 0.3) is 0 Å². The lowest BCUT2D eigenvalue weighted by Gasteiger charge is -2.33. The molecule has 0 amide bonds. The molecule has 2 nitrogen and oxygen atoms in total. The maximum atomic E-state index is 3.72.